The van der Waals surface area contributed by atoms with E-state index < -0.39 is 0 Å². The first-order chi connectivity index (χ1) is 28.6. The van der Waals surface area contributed by atoms with E-state index in [-0.39, 0.29) is 0 Å². The summed E-state index contributed by atoms with van der Waals surface area (Å²) in [5.74, 6) is 0.373. The first-order valence-electron chi connectivity index (χ1n) is 20.4. The zero-order chi connectivity index (χ0) is 38.7. The second kappa shape index (κ2) is 13.8. The molecule has 58 heavy (non-hydrogen) atoms. The SMILES string of the molecule is Cc1cc(C)c(-n2c3ccc(-c4ccccc4)cc3c3cc(C4C=CC=CC4)ccc32)cc1-n1c2ccc(-c3ccccc3)cc2c2cc(-c3ccccc3)ccc21. The maximum Gasteiger partial charge on any atom is 0.0541 e. The van der Waals surface area contributed by atoms with Gasteiger partial charge in [-0.2, -0.15) is 0 Å². The Kier molecular flexibility index (Phi) is 8.11. The molecule has 2 aromatic heterocycles. The molecule has 1 aliphatic carbocycles. The molecule has 2 heterocycles. The van der Waals surface area contributed by atoms with E-state index in [0.717, 1.165) is 6.42 Å². The topological polar surface area (TPSA) is 9.86 Å². The van der Waals surface area contributed by atoms with Crippen molar-refractivity contribution in [2.24, 2.45) is 0 Å². The van der Waals surface area contributed by atoms with E-state index >= 15 is 0 Å². The average molecular weight is 743 g/mol. The first kappa shape index (κ1) is 34.1. The van der Waals surface area contributed by atoms with Crippen molar-refractivity contribution in [3.63, 3.8) is 0 Å². The van der Waals surface area contributed by atoms with Crippen molar-refractivity contribution in [1.29, 1.82) is 0 Å². The molecule has 1 atom stereocenters. The van der Waals surface area contributed by atoms with Gasteiger partial charge in [-0.15, -0.1) is 0 Å². The molecule has 10 aromatic rings. The Hall–Kier alpha value is -7.16. The van der Waals surface area contributed by atoms with E-state index in [0.29, 0.717) is 5.92 Å². The zero-order valence-electron chi connectivity index (χ0n) is 32.7. The van der Waals surface area contributed by atoms with Gasteiger partial charge in [0, 0.05) is 27.5 Å². The summed E-state index contributed by atoms with van der Waals surface area (Å²) < 4.78 is 5.00. The number of nitrogens with zero attached hydrogens (tertiary/aromatic N) is 2. The van der Waals surface area contributed by atoms with Crippen LogP contribution in [0.2, 0.25) is 0 Å². The highest BCUT2D eigenvalue weighted by atomic mass is 15.0. The molecule has 0 amide bonds. The van der Waals surface area contributed by atoms with Gasteiger partial charge < -0.3 is 9.13 Å². The normalized spacial score (nSPS) is 14.0. The summed E-state index contributed by atoms with van der Waals surface area (Å²) in [6.07, 6.45) is 9.99. The van der Waals surface area contributed by atoms with Crippen molar-refractivity contribution in [2.75, 3.05) is 0 Å². The largest absolute Gasteiger partial charge is 0.309 e. The smallest absolute Gasteiger partial charge is 0.0541 e. The lowest BCUT2D eigenvalue weighted by molar-refractivity contribution is 0.855. The van der Waals surface area contributed by atoms with Crippen molar-refractivity contribution in [1.82, 2.24) is 9.13 Å². The van der Waals surface area contributed by atoms with Gasteiger partial charge in [0.05, 0.1) is 33.4 Å². The Labute approximate surface area is 339 Å². The number of aromatic nitrogens is 2. The maximum absolute atomic E-state index is 2.51. The molecule has 0 saturated carbocycles. The van der Waals surface area contributed by atoms with Gasteiger partial charge in [-0.25, -0.2) is 0 Å². The number of rotatable bonds is 6. The van der Waals surface area contributed by atoms with Crippen LogP contribution in [0.1, 0.15) is 29.0 Å². The first-order valence-corrected chi connectivity index (χ1v) is 20.4. The van der Waals surface area contributed by atoms with E-state index in [1.165, 1.54) is 105 Å². The second-order valence-corrected chi connectivity index (χ2v) is 15.8. The minimum absolute atomic E-state index is 0.373. The number of fused-ring (bicyclic) bond motifs is 6. The molecule has 0 saturated heterocycles. The van der Waals surface area contributed by atoms with Gasteiger partial charge in [-0.1, -0.05) is 146 Å². The van der Waals surface area contributed by atoms with Crippen molar-refractivity contribution < 1.29 is 0 Å². The average Bonchev–Trinajstić information content (AvgIpc) is 3.79. The van der Waals surface area contributed by atoms with Crippen LogP contribution in [0, 0.1) is 13.8 Å². The van der Waals surface area contributed by atoms with Crippen molar-refractivity contribution in [3.05, 3.63) is 217 Å². The predicted molar refractivity (Wildman–Crippen MR) is 247 cm³/mol. The van der Waals surface area contributed by atoms with Gasteiger partial charge >= 0.3 is 0 Å². The highest BCUT2D eigenvalue weighted by molar-refractivity contribution is 6.13. The summed E-state index contributed by atoms with van der Waals surface area (Å²) in [7, 11) is 0. The molecule has 0 fully saturated rings. The molecular weight excluding hydrogens is 701 g/mol. The Morgan fingerprint density at radius 1 is 0.379 bits per heavy atom. The van der Waals surface area contributed by atoms with E-state index in [1.807, 2.05) is 0 Å². The van der Waals surface area contributed by atoms with Gasteiger partial charge in [0.15, 0.2) is 0 Å². The third-order valence-electron chi connectivity index (χ3n) is 12.3. The Morgan fingerprint density at radius 3 is 1.21 bits per heavy atom. The van der Waals surface area contributed by atoms with Gasteiger partial charge in [0.1, 0.15) is 0 Å². The number of allylic oxidation sites excluding steroid dienone is 4. The van der Waals surface area contributed by atoms with Crippen LogP contribution in [0.3, 0.4) is 0 Å². The molecule has 276 valence electrons. The third-order valence-corrected chi connectivity index (χ3v) is 12.3. The van der Waals surface area contributed by atoms with Crippen LogP contribution < -0.4 is 0 Å². The number of aryl methyl sites for hydroxylation is 2. The lowest BCUT2D eigenvalue weighted by Gasteiger charge is -2.18. The summed E-state index contributed by atoms with van der Waals surface area (Å²) in [5.41, 5.74) is 18.4. The minimum Gasteiger partial charge on any atom is -0.309 e. The van der Waals surface area contributed by atoms with E-state index in [4.69, 9.17) is 0 Å². The summed E-state index contributed by atoms with van der Waals surface area (Å²) in [4.78, 5) is 0. The molecule has 0 N–H and O–H groups in total. The van der Waals surface area contributed by atoms with Crippen LogP contribution in [-0.4, -0.2) is 9.13 Å². The lowest BCUT2D eigenvalue weighted by atomic mass is 9.91. The standard InChI is InChI=1S/C56H42N2/c1-37-31-38(2)56(58-53-29-25-45(41-19-11-5-12-20-41)34-49(53)50-35-46(26-30-54(50)58)42-21-13-6-14-22-42)36-55(37)57-51-27-23-43(39-15-7-3-8-16-39)32-47(51)48-33-44(24-28-52(48)57)40-17-9-4-10-18-40/h3-21,23-36,42H,22H2,1-2H3. The fourth-order valence-electron chi connectivity index (χ4n) is 9.38. The molecule has 2 heteroatoms. The minimum atomic E-state index is 0.373. The zero-order valence-corrected chi connectivity index (χ0v) is 32.7. The molecule has 0 radical (unpaired) electrons. The molecule has 0 bridgehead atoms. The fourth-order valence-corrected chi connectivity index (χ4v) is 9.38. The molecule has 1 unspecified atom stereocenters. The highest BCUT2D eigenvalue weighted by Gasteiger charge is 2.21. The third kappa shape index (κ3) is 5.64. The Balaban J connectivity index is 1.16. The number of hydrogen-bond donors (Lipinski definition) is 0. The quantitative estimate of drug-likeness (QED) is 0.161. The fraction of sp³-hybridized carbons (Fsp3) is 0.0714. The monoisotopic (exact) mass is 742 g/mol. The summed E-state index contributed by atoms with van der Waals surface area (Å²) in [5, 5.41) is 5.06. The van der Waals surface area contributed by atoms with E-state index in [1.54, 1.807) is 0 Å². The van der Waals surface area contributed by atoms with Gasteiger partial charge in [-0.3, -0.25) is 0 Å². The van der Waals surface area contributed by atoms with Gasteiger partial charge in [-0.05, 0) is 125 Å². The van der Waals surface area contributed by atoms with Crippen LogP contribution in [-0.2, 0) is 0 Å². The molecule has 11 rings (SSSR count). The summed E-state index contributed by atoms with van der Waals surface area (Å²) in [6.45, 7) is 4.52. The van der Waals surface area contributed by atoms with E-state index in [2.05, 4.69) is 223 Å². The van der Waals surface area contributed by atoms with Crippen LogP contribution >= 0.6 is 0 Å². The maximum atomic E-state index is 2.51. The van der Waals surface area contributed by atoms with Gasteiger partial charge in [0.25, 0.3) is 0 Å². The Bertz CT molecular complexity index is 3150. The van der Waals surface area contributed by atoms with Crippen LogP contribution in [0.4, 0.5) is 0 Å². The Morgan fingerprint density at radius 2 is 0.793 bits per heavy atom. The number of benzene rings is 8. The van der Waals surface area contributed by atoms with Crippen LogP contribution in [0.5, 0.6) is 0 Å². The van der Waals surface area contributed by atoms with Crippen LogP contribution in [0.15, 0.2) is 200 Å². The van der Waals surface area contributed by atoms with Crippen molar-refractivity contribution in [3.8, 4) is 44.8 Å². The molecule has 8 aromatic carbocycles. The predicted octanol–water partition coefficient (Wildman–Crippen LogP) is 15.1. The lowest BCUT2D eigenvalue weighted by Crippen LogP contribution is -2.03. The second-order valence-electron chi connectivity index (χ2n) is 15.8. The molecule has 0 aliphatic heterocycles. The molecular formula is C56H42N2. The van der Waals surface area contributed by atoms with E-state index in [9.17, 15) is 0 Å². The molecule has 0 spiro atoms. The van der Waals surface area contributed by atoms with Crippen molar-refractivity contribution in [2.45, 2.75) is 26.2 Å². The molecule has 2 nitrogen and oxygen atoms in total. The summed E-state index contributed by atoms with van der Waals surface area (Å²) in [6, 6.07) is 65.2. The highest BCUT2D eigenvalue weighted by Crippen LogP contribution is 2.42. The summed E-state index contributed by atoms with van der Waals surface area (Å²) >= 11 is 0. The number of hydrogen-bond acceptors (Lipinski definition) is 0. The molecule has 1 aliphatic rings. The van der Waals surface area contributed by atoms with Gasteiger partial charge in [0.2, 0.25) is 0 Å². The van der Waals surface area contributed by atoms with Crippen molar-refractivity contribution >= 4 is 43.6 Å². The van der Waals surface area contributed by atoms with Crippen LogP contribution in [0.25, 0.3) is 88.4 Å².